The van der Waals surface area contributed by atoms with Crippen LogP contribution in [0, 0.1) is 0 Å². The van der Waals surface area contributed by atoms with E-state index in [0.717, 1.165) is 5.88 Å². The van der Waals surface area contributed by atoms with Gasteiger partial charge in [0.05, 0.1) is 16.1 Å². The van der Waals surface area contributed by atoms with Crippen molar-refractivity contribution in [3.63, 3.8) is 0 Å². The minimum Gasteiger partial charge on any atom is -0.127 e. The summed E-state index contributed by atoms with van der Waals surface area (Å²) in [4.78, 5) is 0. The number of rotatable bonds is 3. The number of halogens is 1. The van der Waals surface area contributed by atoms with Gasteiger partial charge in [0.15, 0.2) is 0 Å². The molecule has 1 aliphatic heterocycles. The number of alkyl halides is 1. The highest BCUT2D eigenvalue weighted by Crippen LogP contribution is 2.32. The molecular formula is C14H23ClSi2. The normalized spacial score (nSPS) is 26.6. The van der Waals surface area contributed by atoms with Gasteiger partial charge in [-0.05, 0) is 12.5 Å². The van der Waals surface area contributed by atoms with Gasteiger partial charge in [0, 0.05) is 5.88 Å². The van der Waals surface area contributed by atoms with Crippen molar-refractivity contribution in [2.45, 2.75) is 43.8 Å². The summed E-state index contributed by atoms with van der Waals surface area (Å²) < 4.78 is 0. The molecule has 17 heavy (non-hydrogen) atoms. The molecule has 0 bridgehead atoms. The maximum Gasteiger partial charge on any atom is 0.0784 e. The molecule has 3 heteroatoms. The monoisotopic (exact) mass is 282 g/mol. The lowest BCUT2D eigenvalue weighted by Gasteiger charge is -2.42. The van der Waals surface area contributed by atoms with Crippen LogP contribution < -0.4 is 5.19 Å². The van der Waals surface area contributed by atoms with Gasteiger partial charge in [-0.25, -0.2) is 0 Å². The first kappa shape index (κ1) is 13.4. The van der Waals surface area contributed by atoms with Crippen molar-refractivity contribution in [3.8, 4) is 0 Å². The van der Waals surface area contributed by atoms with Crippen LogP contribution in [0.15, 0.2) is 24.3 Å². The van der Waals surface area contributed by atoms with Crippen LogP contribution in [0.1, 0.15) is 12.0 Å². The van der Waals surface area contributed by atoms with Crippen molar-refractivity contribution in [1.29, 1.82) is 0 Å². The van der Waals surface area contributed by atoms with E-state index in [1.807, 2.05) is 0 Å². The Morgan fingerprint density at radius 2 is 1.88 bits per heavy atom. The Morgan fingerprint density at radius 3 is 2.59 bits per heavy atom. The maximum atomic E-state index is 5.89. The van der Waals surface area contributed by atoms with Crippen molar-refractivity contribution in [2.75, 3.05) is 5.88 Å². The van der Waals surface area contributed by atoms with Crippen LogP contribution in [0.4, 0.5) is 0 Å². The Kier molecular flexibility index (Phi) is 3.86. The molecule has 0 saturated heterocycles. The van der Waals surface area contributed by atoms with Crippen molar-refractivity contribution in [1.82, 2.24) is 0 Å². The third kappa shape index (κ3) is 2.86. The fourth-order valence-corrected chi connectivity index (χ4v) is 18.8. The van der Waals surface area contributed by atoms with Crippen molar-refractivity contribution in [3.05, 3.63) is 29.8 Å². The molecule has 0 amide bonds. The molecule has 2 rings (SSSR count). The van der Waals surface area contributed by atoms with E-state index in [2.05, 4.69) is 43.9 Å². The molecule has 0 radical (unpaired) electrons. The second-order valence-corrected chi connectivity index (χ2v) is 17.1. The summed E-state index contributed by atoms with van der Waals surface area (Å²) in [6, 6.07) is 12.0. The number of benzene rings is 1. The zero-order valence-corrected chi connectivity index (χ0v) is 14.0. The predicted octanol–water partition coefficient (Wildman–Crippen LogP) is 3.94. The zero-order valence-electron chi connectivity index (χ0n) is 11.2. The van der Waals surface area contributed by atoms with E-state index in [1.54, 1.807) is 16.4 Å². The van der Waals surface area contributed by atoms with Crippen molar-refractivity contribution < 1.29 is 0 Å². The molecule has 1 unspecified atom stereocenters. The van der Waals surface area contributed by atoms with Gasteiger partial charge in [-0.15, -0.1) is 11.6 Å². The molecule has 1 aliphatic rings. The molecule has 0 fully saturated rings. The highest BCUT2D eigenvalue weighted by molar-refractivity contribution is 7.03. The quantitative estimate of drug-likeness (QED) is 0.582. The molecule has 0 nitrogen and oxygen atoms in total. The molecule has 1 heterocycles. The summed E-state index contributed by atoms with van der Waals surface area (Å²) in [5, 5.41) is 1.72. The van der Waals surface area contributed by atoms with Crippen LogP contribution >= 0.6 is 11.6 Å². The first-order valence-corrected chi connectivity index (χ1v) is 13.5. The third-order valence-electron chi connectivity index (χ3n) is 4.15. The lowest BCUT2D eigenvalue weighted by Crippen LogP contribution is -2.57. The molecule has 0 N–H and O–H groups in total. The summed E-state index contributed by atoms with van der Waals surface area (Å²) in [6.45, 7) is 7.71. The minimum atomic E-state index is -1.18. The van der Waals surface area contributed by atoms with Crippen molar-refractivity contribution in [2.24, 2.45) is 0 Å². The van der Waals surface area contributed by atoms with E-state index in [0.29, 0.717) is 0 Å². The van der Waals surface area contributed by atoms with Crippen LogP contribution in [0.2, 0.25) is 31.4 Å². The molecule has 0 aliphatic carbocycles. The van der Waals surface area contributed by atoms with E-state index in [1.165, 1.54) is 18.5 Å². The lowest BCUT2D eigenvalue weighted by molar-refractivity contribution is 1.03. The molecule has 0 aromatic heterocycles. The average molecular weight is 283 g/mol. The summed E-state index contributed by atoms with van der Waals surface area (Å²) >= 11 is 5.89. The Balaban J connectivity index is 2.30. The van der Waals surface area contributed by atoms with Gasteiger partial charge in [0.1, 0.15) is 0 Å². The molecule has 1 atom stereocenters. The SMILES string of the molecule is C[Si]1(CCCCl)Cc2ccccc2[Si](C)(C)C1. The Labute approximate surface area is 112 Å². The second-order valence-electron chi connectivity index (χ2n) is 6.50. The van der Waals surface area contributed by atoms with Crippen LogP contribution in [-0.2, 0) is 6.04 Å². The van der Waals surface area contributed by atoms with Gasteiger partial charge in [0.25, 0.3) is 0 Å². The molecule has 0 saturated carbocycles. The van der Waals surface area contributed by atoms with Gasteiger partial charge in [-0.3, -0.25) is 0 Å². The summed E-state index contributed by atoms with van der Waals surface area (Å²) in [5.74, 6) is 0.840. The Morgan fingerprint density at radius 1 is 1.18 bits per heavy atom. The zero-order chi connectivity index (χ0) is 12.5. The molecular weight excluding hydrogens is 260 g/mol. The molecule has 94 valence electrons. The molecule has 1 aromatic rings. The standard InChI is InChI=1S/C14H23ClSi2/c1-16(2)12-17(3,10-6-9-15)11-13-7-4-5-8-14(13)16/h4-5,7-8H,6,9-12H2,1-3H3. The average Bonchev–Trinajstić information content (AvgIpc) is 2.25. The van der Waals surface area contributed by atoms with Gasteiger partial charge in [0.2, 0.25) is 0 Å². The lowest BCUT2D eigenvalue weighted by atomic mass is 10.2. The smallest absolute Gasteiger partial charge is 0.0784 e. The third-order valence-corrected chi connectivity index (χ3v) is 16.1. The predicted molar refractivity (Wildman–Crippen MR) is 83.8 cm³/mol. The fraction of sp³-hybridized carbons (Fsp3) is 0.571. The minimum absolute atomic E-state index is 0.840. The fourth-order valence-electron chi connectivity index (χ4n) is 3.69. The van der Waals surface area contributed by atoms with Crippen LogP contribution in [0.3, 0.4) is 0 Å². The number of fused-ring (bicyclic) bond motifs is 1. The van der Waals surface area contributed by atoms with Gasteiger partial charge in [-0.2, -0.15) is 0 Å². The van der Waals surface area contributed by atoms with Gasteiger partial charge in [-0.1, -0.05) is 66.4 Å². The van der Waals surface area contributed by atoms with Crippen LogP contribution in [0.25, 0.3) is 0 Å². The van der Waals surface area contributed by atoms with E-state index >= 15 is 0 Å². The molecule has 1 aromatic carbocycles. The summed E-state index contributed by atoms with van der Waals surface area (Å²) in [5.41, 5.74) is 3.22. The Bertz CT molecular complexity index is 403. The van der Waals surface area contributed by atoms with E-state index in [-0.39, 0.29) is 0 Å². The largest absolute Gasteiger partial charge is 0.127 e. The molecule has 0 spiro atoms. The van der Waals surface area contributed by atoms with Gasteiger partial charge >= 0.3 is 0 Å². The summed E-state index contributed by atoms with van der Waals surface area (Å²) in [7, 11) is -2.24. The Hall–Kier alpha value is -0.0562. The first-order chi connectivity index (χ1) is 7.97. The first-order valence-electron chi connectivity index (χ1n) is 6.61. The van der Waals surface area contributed by atoms with E-state index in [9.17, 15) is 0 Å². The maximum absolute atomic E-state index is 5.89. The van der Waals surface area contributed by atoms with E-state index < -0.39 is 16.1 Å². The van der Waals surface area contributed by atoms with Crippen molar-refractivity contribution >= 4 is 32.9 Å². The topological polar surface area (TPSA) is 0 Å². The highest BCUT2D eigenvalue weighted by atomic mass is 35.5. The van der Waals surface area contributed by atoms with Crippen LogP contribution in [-0.4, -0.2) is 22.0 Å². The highest BCUT2D eigenvalue weighted by Gasteiger charge is 2.41. The second kappa shape index (κ2) is 4.90. The number of hydrogen-bond acceptors (Lipinski definition) is 0. The van der Waals surface area contributed by atoms with E-state index in [4.69, 9.17) is 11.6 Å². The van der Waals surface area contributed by atoms with Crippen LogP contribution in [0.5, 0.6) is 0 Å². The summed E-state index contributed by atoms with van der Waals surface area (Å²) in [6.07, 6.45) is 1.22. The van der Waals surface area contributed by atoms with Gasteiger partial charge < -0.3 is 0 Å². The number of hydrogen-bond donors (Lipinski definition) is 0.